The molecule has 8 heteroatoms. The van der Waals surface area contributed by atoms with Crippen LogP contribution in [-0.4, -0.2) is 23.7 Å². The van der Waals surface area contributed by atoms with Crippen molar-refractivity contribution in [2.75, 3.05) is 12.5 Å². The summed E-state index contributed by atoms with van der Waals surface area (Å²) in [4.78, 5) is 0. The van der Waals surface area contributed by atoms with E-state index in [2.05, 4.69) is 4.36 Å². The molecule has 0 radical (unpaired) electrons. The van der Waals surface area contributed by atoms with E-state index in [4.69, 9.17) is 0 Å². The van der Waals surface area contributed by atoms with Gasteiger partial charge in [-0.15, -0.1) is 5.46 Å². The Morgan fingerprint density at radius 2 is 1.56 bits per heavy atom. The van der Waals surface area contributed by atoms with E-state index in [0.717, 1.165) is 12.1 Å². The van der Waals surface area contributed by atoms with Gasteiger partial charge in [0, 0.05) is 22.2 Å². The zero-order valence-electron chi connectivity index (χ0n) is 9.28. The first-order valence-corrected chi connectivity index (χ1v) is 6.49. The average molecular weight is 275 g/mol. The fourth-order valence-corrected chi connectivity index (χ4v) is 1.64. The normalized spacial score (nSPS) is 11.8. The molecule has 0 aliphatic heterocycles. The molecule has 0 heterocycles. The van der Waals surface area contributed by atoms with Gasteiger partial charge in [-0.1, -0.05) is 12.1 Å². The summed E-state index contributed by atoms with van der Waals surface area (Å²) in [6.45, 7) is -4.97. The molecule has 0 amide bonds. The molecule has 1 rings (SSSR count). The van der Waals surface area contributed by atoms with Crippen LogP contribution in [0.4, 0.5) is 18.6 Å². The van der Waals surface area contributed by atoms with Crippen molar-refractivity contribution in [3.05, 3.63) is 24.3 Å². The number of benzene rings is 1. The van der Waals surface area contributed by atoms with E-state index < -0.39 is 22.2 Å². The molecule has 0 spiro atoms. The van der Waals surface area contributed by atoms with Gasteiger partial charge in [0.05, 0.1) is 5.69 Å². The van der Waals surface area contributed by atoms with E-state index in [1.165, 1.54) is 24.6 Å². The van der Waals surface area contributed by atoms with Gasteiger partial charge in [0.2, 0.25) is 0 Å². The van der Waals surface area contributed by atoms with E-state index in [1.54, 1.807) is 0 Å². The van der Waals surface area contributed by atoms with Gasteiger partial charge in [-0.05, 0) is 12.1 Å². The molecular formula is C8H10BF3KNOS. The van der Waals surface area contributed by atoms with Crippen LogP contribution in [0.3, 0.4) is 0 Å². The molecule has 0 N–H and O–H groups in total. The summed E-state index contributed by atoms with van der Waals surface area (Å²) < 4.78 is 51.7. The largest absolute Gasteiger partial charge is 1.00 e. The Morgan fingerprint density at radius 1 is 1.12 bits per heavy atom. The fraction of sp³-hybridized carbons (Fsp3) is 0.250. The fourth-order valence-electron chi connectivity index (χ4n) is 1.01. The summed E-state index contributed by atoms with van der Waals surface area (Å²) in [5.41, 5.74) is -0.374. The molecule has 0 aromatic heterocycles. The predicted molar refractivity (Wildman–Crippen MR) is 57.2 cm³/mol. The van der Waals surface area contributed by atoms with E-state index >= 15 is 0 Å². The summed E-state index contributed by atoms with van der Waals surface area (Å²) >= 11 is 0. The Labute approximate surface area is 136 Å². The molecule has 0 bridgehead atoms. The van der Waals surface area contributed by atoms with Crippen LogP contribution in [0.1, 0.15) is 0 Å². The zero-order valence-corrected chi connectivity index (χ0v) is 13.2. The average Bonchev–Trinajstić information content (AvgIpc) is 2.00. The molecule has 0 atom stereocenters. The van der Waals surface area contributed by atoms with Crippen molar-refractivity contribution in [3.8, 4) is 0 Å². The van der Waals surface area contributed by atoms with Crippen LogP contribution in [0.2, 0.25) is 0 Å². The van der Waals surface area contributed by atoms with Gasteiger partial charge in [-0.25, -0.2) is 4.21 Å². The van der Waals surface area contributed by atoms with E-state index in [-0.39, 0.29) is 51.4 Å². The molecule has 0 saturated heterocycles. The van der Waals surface area contributed by atoms with Crippen LogP contribution in [0.15, 0.2) is 28.6 Å². The maximum Gasteiger partial charge on any atom is 1.00 e. The second-order valence-corrected chi connectivity index (χ2v) is 5.98. The van der Waals surface area contributed by atoms with Crippen LogP contribution in [0.25, 0.3) is 0 Å². The van der Waals surface area contributed by atoms with E-state index in [9.17, 15) is 17.2 Å². The first-order valence-electron chi connectivity index (χ1n) is 4.15. The van der Waals surface area contributed by atoms with Crippen molar-refractivity contribution in [2.45, 2.75) is 0 Å². The van der Waals surface area contributed by atoms with Crippen LogP contribution >= 0.6 is 0 Å². The first kappa shape index (κ1) is 16.7. The molecule has 0 fully saturated rings. The Balaban J connectivity index is 0.00000225. The summed E-state index contributed by atoms with van der Waals surface area (Å²) in [6.07, 6.45) is 2.85. The summed E-state index contributed by atoms with van der Waals surface area (Å²) in [6, 6.07) is 4.34. The Morgan fingerprint density at radius 3 is 1.88 bits per heavy atom. The zero-order chi connectivity index (χ0) is 11.7. The molecule has 0 aliphatic rings. The van der Waals surface area contributed by atoms with Gasteiger partial charge in [-0.2, -0.15) is 4.36 Å². The Kier molecular flexibility index (Phi) is 6.26. The maximum atomic E-state index is 12.2. The Hall–Kier alpha value is 0.661. The molecule has 2 nitrogen and oxygen atoms in total. The van der Waals surface area contributed by atoms with Crippen molar-refractivity contribution in [2.24, 2.45) is 4.36 Å². The third-order valence-corrected chi connectivity index (χ3v) is 2.25. The van der Waals surface area contributed by atoms with Crippen molar-refractivity contribution >= 4 is 27.9 Å². The van der Waals surface area contributed by atoms with Gasteiger partial charge in [0.1, 0.15) is 0 Å². The van der Waals surface area contributed by atoms with Crippen molar-refractivity contribution in [1.29, 1.82) is 0 Å². The molecule has 0 saturated carbocycles. The summed E-state index contributed by atoms with van der Waals surface area (Å²) in [7, 11) is -2.33. The quantitative estimate of drug-likeness (QED) is 0.644. The SMILES string of the molecule is CS(C)(=O)=Nc1ccc([B-](F)(F)F)cc1.[K+]. The van der Waals surface area contributed by atoms with E-state index in [0.29, 0.717) is 5.69 Å². The molecule has 16 heavy (non-hydrogen) atoms. The topological polar surface area (TPSA) is 29.4 Å². The summed E-state index contributed by atoms with van der Waals surface area (Å²) in [5, 5.41) is 0. The first-order chi connectivity index (χ1) is 6.68. The van der Waals surface area contributed by atoms with Crippen molar-refractivity contribution in [3.63, 3.8) is 0 Å². The molecular weight excluding hydrogens is 265 g/mol. The number of rotatable bonds is 2. The van der Waals surface area contributed by atoms with Crippen molar-refractivity contribution < 1.29 is 68.5 Å². The van der Waals surface area contributed by atoms with Crippen molar-refractivity contribution in [1.82, 2.24) is 0 Å². The molecule has 84 valence electrons. The third-order valence-electron chi connectivity index (χ3n) is 1.60. The smallest absolute Gasteiger partial charge is 0.445 e. The minimum atomic E-state index is -4.97. The molecule has 1 aromatic carbocycles. The van der Waals surface area contributed by atoms with Gasteiger partial charge in [0.25, 0.3) is 0 Å². The van der Waals surface area contributed by atoms with Gasteiger partial charge < -0.3 is 12.9 Å². The monoisotopic (exact) mass is 275 g/mol. The van der Waals surface area contributed by atoms with Crippen LogP contribution < -0.4 is 56.8 Å². The number of halogens is 3. The van der Waals surface area contributed by atoms with Crippen LogP contribution in [-0.2, 0) is 9.73 Å². The van der Waals surface area contributed by atoms with Crippen LogP contribution in [0.5, 0.6) is 0 Å². The number of nitrogens with zero attached hydrogens (tertiary/aromatic N) is 1. The molecule has 1 aromatic rings. The molecule has 0 aliphatic carbocycles. The van der Waals surface area contributed by atoms with Crippen LogP contribution in [0, 0.1) is 0 Å². The van der Waals surface area contributed by atoms with Gasteiger partial charge in [-0.3, -0.25) is 0 Å². The number of hydrogen-bond acceptors (Lipinski definition) is 2. The second-order valence-electron chi connectivity index (χ2n) is 3.44. The summed E-state index contributed by atoms with van der Waals surface area (Å²) in [5.74, 6) is 0. The number of hydrogen-bond donors (Lipinski definition) is 0. The second kappa shape index (κ2) is 6.01. The van der Waals surface area contributed by atoms with Gasteiger partial charge in [0.15, 0.2) is 0 Å². The van der Waals surface area contributed by atoms with Gasteiger partial charge >= 0.3 is 58.4 Å². The predicted octanol–water partition coefficient (Wildman–Crippen LogP) is -0.896. The minimum absolute atomic E-state index is 0. The standard InChI is InChI=1S/C8H10BF3NOS.K/c1-15(2,14)13-8-5-3-7(4-6-8)9(10,11)12;/h3-6H,1-2H3;/q-1;+1. The van der Waals surface area contributed by atoms with E-state index in [1.807, 2.05) is 0 Å². The third kappa shape index (κ3) is 5.83. The molecule has 0 unspecified atom stereocenters. The maximum absolute atomic E-state index is 12.2. The Bertz CT molecular complexity index is 457. The minimum Gasteiger partial charge on any atom is -0.445 e.